The lowest BCUT2D eigenvalue weighted by Crippen LogP contribution is -2.30. The smallest absolute Gasteiger partial charge is 0.222 e. The van der Waals surface area contributed by atoms with Gasteiger partial charge in [-0.3, -0.25) is 9.89 Å². The molecule has 1 atom stereocenters. The zero-order valence-electron chi connectivity index (χ0n) is 9.74. The van der Waals surface area contributed by atoms with E-state index in [0.717, 1.165) is 31.4 Å². The van der Waals surface area contributed by atoms with Gasteiger partial charge in [-0.05, 0) is 19.3 Å². The first-order valence-corrected chi connectivity index (χ1v) is 5.91. The van der Waals surface area contributed by atoms with Gasteiger partial charge in [0.25, 0.3) is 0 Å². The second-order valence-corrected chi connectivity index (χ2v) is 4.28. The highest BCUT2D eigenvalue weighted by atomic mass is 16.5. The van der Waals surface area contributed by atoms with Crippen LogP contribution in [0.3, 0.4) is 0 Å². The fourth-order valence-electron chi connectivity index (χ4n) is 1.90. The first kappa shape index (κ1) is 11.9. The third kappa shape index (κ3) is 3.45. The van der Waals surface area contributed by atoms with Crippen LogP contribution in [0.2, 0.25) is 0 Å². The Morgan fingerprint density at radius 2 is 2.53 bits per heavy atom. The van der Waals surface area contributed by atoms with Gasteiger partial charge >= 0.3 is 0 Å². The van der Waals surface area contributed by atoms with E-state index >= 15 is 0 Å². The summed E-state index contributed by atoms with van der Waals surface area (Å²) in [5.74, 6) is 0.497. The molecule has 6 heteroatoms. The summed E-state index contributed by atoms with van der Waals surface area (Å²) in [7, 11) is 0. The quantitative estimate of drug-likeness (QED) is 0.714. The largest absolute Gasteiger partial charge is 0.384 e. The van der Waals surface area contributed by atoms with Gasteiger partial charge in [0.05, 0.1) is 18.7 Å². The van der Waals surface area contributed by atoms with Crippen molar-refractivity contribution in [3.05, 3.63) is 11.8 Å². The number of aromatic nitrogens is 2. The number of hydrogen-bond donors (Lipinski definition) is 3. The average Bonchev–Trinajstić information content (AvgIpc) is 2.74. The number of nitrogens with one attached hydrogen (secondary N) is 2. The number of anilines is 1. The number of ether oxygens (including phenoxy) is 1. The maximum atomic E-state index is 11.7. The molecule has 0 bridgehead atoms. The summed E-state index contributed by atoms with van der Waals surface area (Å²) in [6, 6.07) is 0. The number of nitrogens with zero attached hydrogens (tertiary/aromatic N) is 1. The predicted octanol–water partition coefficient (Wildman–Crippen LogP) is 0.567. The number of aromatic amines is 1. The van der Waals surface area contributed by atoms with Crippen molar-refractivity contribution in [2.75, 3.05) is 12.3 Å². The SMILES string of the molecule is Nc1[nH]ncc1CNC(=O)CC1CCCCO1. The molecule has 1 aliphatic heterocycles. The molecule has 0 aliphatic carbocycles. The highest BCUT2D eigenvalue weighted by Crippen LogP contribution is 2.15. The van der Waals surface area contributed by atoms with Crippen LogP contribution in [0.1, 0.15) is 31.2 Å². The lowest BCUT2D eigenvalue weighted by molar-refractivity contribution is -0.125. The first-order chi connectivity index (χ1) is 8.25. The Labute approximate surface area is 99.9 Å². The standard InChI is InChI=1S/C11H18N4O2/c12-11-8(7-14-15-11)6-13-10(16)5-9-3-1-2-4-17-9/h7,9H,1-6H2,(H,13,16)(H3,12,14,15). The number of rotatable bonds is 4. The van der Waals surface area contributed by atoms with Gasteiger partial charge in [-0.15, -0.1) is 0 Å². The lowest BCUT2D eigenvalue weighted by Gasteiger charge is -2.21. The van der Waals surface area contributed by atoms with Crippen LogP contribution < -0.4 is 11.1 Å². The molecule has 1 fully saturated rings. The Morgan fingerprint density at radius 1 is 1.65 bits per heavy atom. The predicted molar refractivity (Wildman–Crippen MR) is 63.1 cm³/mol. The Balaban J connectivity index is 1.72. The Hall–Kier alpha value is -1.56. The van der Waals surface area contributed by atoms with Gasteiger partial charge in [0.2, 0.25) is 5.91 Å². The van der Waals surface area contributed by atoms with E-state index in [1.807, 2.05) is 0 Å². The summed E-state index contributed by atoms with van der Waals surface area (Å²) in [6.07, 6.45) is 5.34. The second kappa shape index (κ2) is 5.67. The van der Waals surface area contributed by atoms with Crippen molar-refractivity contribution in [3.8, 4) is 0 Å². The number of hydrogen-bond acceptors (Lipinski definition) is 4. The summed E-state index contributed by atoms with van der Waals surface area (Å²) in [5, 5.41) is 9.23. The van der Waals surface area contributed by atoms with E-state index in [1.165, 1.54) is 0 Å². The Kier molecular flexibility index (Phi) is 3.98. The summed E-state index contributed by atoms with van der Waals surface area (Å²) in [6.45, 7) is 1.18. The zero-order valence-corrected chi connectivity index (χ0v) is 9.74. The van der Waals surface area contributed by atoms with Crippen molar-refractivity contribution in [2.24, 2.45) is 0 Å². The molecule has 2 heterocycles. The van der Waals surface area contributed by atoms with Crippen LogP contribution >= 0.6 is 0 Å². The molecule has 1 amide bonds. The molecule has 1 aromatic heterocycles. The van der Waals surface area contributed by atoms with Crippen LogP contribution in [0.5, 0.6) is 0 Å². The topological polar surface area (TPSA) is 93.0 Å². The number of nitrogen functional groups attached to an aromatic ring is 1. The number of carbonyl (C=O) groups excluding carboxylic acids is 1. The third-order valence-electron chi connectivity index (χ3n) is 2.91. The van der Waals surface area contributed by atoms with Crippen LogP contribution in [0.15, 0.2) is 6.20 Å². The van der Waals surface area contributed by atoms with E-state index in [0.29, 0.717) is 18.8 Å². The van der Waals surface area contributed by atoms with E-state index in [9.17, 15) is 4.79 Å². The molecular weight excluding hydrogens is 220 g/mol. The highest BCUT2D eigenvalue weighted by molar-refractivity contribution is 5.76. The minimum Gasteiger partial charge on any atom is -0.384 e. The molecule has 0 radical (unpaired) electrons. The molecule has 4 N–H and O–H groups in total. The summed E-state index contributed by atoms with van der Waals surface area (Å²) in [4.78, 5) is 11.7. The van der Waals surface area contributed by atoms with Crippen LogP contribution in [0.25, 0.3) is 0 Å². The van der Waals surface area contributed by atoms with Crippen molar-refractivity contribution >= 4 is 11.7 Å². The van der Waals surface area contributed by atoms with E-state index in [1.54, 1.807) is 6.20 Å². The number of H-pyrrole nitrogens is 1. The first-order valence-electron chi connectivity index (χ1n) is 5.91. The summed E-state index contributed by atoms with van der Waals surface area (Å²) >= 11 is 0. The Bertz CT molecular complexity index is 371. The fraction of sp³-hybridized carbons (Fsp3) is 0.636. The van der Waals surface area contributed by atoms with Gasteiger partial charge in [-0.2, -0.15) is 5.10 Å². The summed E-state index contributed by atoms with van der Waals surface area (Å²) in [5.41, 5.74) is 6.43. The van der Waals surface area contributed by atoms with Gasteiger partial charge in [0.1, 0.15) is 5.82 Å². The monoisotopic (exact) mass is 238 g/mol. The minimum atomic E-state index is -0.00231. The van der Waals surface area contributed by atoms with Crippen molar-refractivity contribution in [3.63, 3.8) is 0 Å². The third-order valence-corrected chi connectivity index (χ3v) is 2.91. The zero-order chi connectivity index (χ0) is 12.1. The molecule has 0 aromatic carbocycles. The van der Waals surface area contributed by atoms with Gasteiger partial charge in [-0.25, -0.2) is 0 Å². The molecule has 2 rings (SSSR count). The van der Waals surface area contributed by atoms with Crippen LogP contribution in [0, 0.1) is 0 Å². The molecule has 1 aromatic rings. The molecule has 17 heavy (non-hydrogen) atoms. The molecule has 0 spiro atoms. The number of nitrogens with two attached hydrogens (primary N) is 1. The van der Waals surface area contributed by atoms with Gasteiger partial charge in [-0.1, -0.05) is 0 Å². The van der Waals surface area contributed by atoms with Crippen molar-refractivity contribution < 1.29 is 9.53 Å². The fourth-order valence-corrected chi connectivity index (χ4v) is 1.90. The van der Waals surface area contributed by atoms with E-state index < -0.39 is 0 Å². The molecule has 94 valence electrons. The normalized spacial score (nSPS) is 20.1. The highest BCUT2D eigenvalue weighted by Gasteiger charge is 2.17. The van der Waals surface area contributed by atoms with Crippen molar-refractivity contribution in [2.45, 2.75) is 38.3 Å². The Morgan fingerprint density at radius 3 is 3.18 bits per heavy atom. The number of carbonyl (C=O) groups is 1. The van der Waals surface area contributed by atoms with Crippen LogP contribution in [-0.2, 0) is 16.1 Å². The van der Waals surface area contributed by atoms with E-state index in [-0.39, 0.29) is 12.0 Å². The maximum absolute atomic E-state index is 11.7. The van der Waals surface area contributed by atoms with E-state index in [2.05, 4.69) is 15.5 Å². The molecule has 6 nitrogen and oxygen atoms in total. The van der Waals surface area contributed by atoms with Gasteiger partial charge in [0.15, 0.2) is 0 Å². The van der Waals surface area contributed by atoms with Crippen LogP contribution in [-0.4, -0.2) is 28.8 Å². The molecule has 1 saturated heterocycles. The van der Waals surface area contributed by atoms with Crippen molar-refractivity contribution in [1.29, 1.82) is 0 Å². The molecular formula is C11H18N4O2. The minimum absolute atomic E-state index is 0.00231. The number of amides is 1. The average molecular weight is 238 g/mol. The summed E-state index contributed by atoms with van der Waals surface area (Å²) < 4.78 is 5.51. The van der Waals surface area contributed by atoms with Gasteiger partial charge < -0.3 is 15.8 Å². The maximum Gasteiger partial charge on any atom is 0.222 e. The molecule has 1 aliphatic rings. The van der Waals surface area contributed by atoms with Crippen LogP contribution in [0.4, 0.5) is 5.82 Å². The van der Waals surface area contributed by atoms with Crippen molar-refractivity contribution in [1.82, 2.24) is 15.5 Å². The molecule has 1 unspecified atom stereocenters. The van der Waals surface area contributed by atoms with Gasteiger partial charge in [0, 0.05) is 18.7 Å². The lowest BCUT2D eigenvalue weighted by atomic mass is 10.1. The molecule has 0 saturated carbocycles. The van der Waals surface area contributed by atoms with E-state index in [4.69, 9.17) is 10.5 Å². The second-order valence-electron chi connectivity index (χ2n) is 4.28.